The molecule has 0 aliphatic carbocycles. The van der Waals surface area contributed by atoms with Gasteiger partial charge < -0.3 is 20.7 Å². The maximum atomic E-state index is 13.3. The van der Waals surface area contributed by atoms with Gasteiger partial charge in [0.1, 0.15) is 12.4 Å². The first-order valence-corrected chi connectivity index (χ1v) is 8.55. The van der Waals surface area contributed by atoms with E-state index < -0.39 is 30.5 Å². The minimum absolute atomic E-state index is 0. The molecule has 0 atom stereocenters. The third-order valence-corrected chi connectivity index (χ3v) is 3.97. The van der Waals surface area contributed by atoms with Crippen LogP contribution < -0.4 is 10.5 Å². The number of ether oxygens (including phenoxy) is 1. The van der Waals surface area contributed by atoms with Crippen molar-refractivity contribution in [2.75, 3.05) is 19.8 Å². The summed E-state index contributed by atoms with van der Waals surface area (Å²) in [6, 6.07) is 3.79. The second kappa shape index (κ2) is 12.1. The van der Waals surface area contributed by atoms with Crippen LogP contribution in [0.15, 0.2) is 18.2 Å². The van der Waals surface area contributed by atoms with Crippen LogP contribution in [0.5, 0.6) is 5.75 Å². The maximum Gasteiger partial charge on any atom is 0.419 e. The van der Waals surface area contributed by atoms with Crippen LogP contribution in [0.1, 0.15) is 43.7 Å². The fraction of sp³-hybridized carbons (Fsp3) is 0.579. The van der Waals surface area contributed by atoms with Gasteiger partial charge in [-0.2, -0.15) is 13.2 Å². The number of halogens is 4. The predicted molar refractivity (Wildman–Crippen MR) is 101 cm³/mol. The second-order valence-corrected chi connectivity index (χ2v) is 6.25. The average molecular weight is 410 g/mol. The number of aryl methyl sites for hydroxylation is 1. The van der Waals surface area contributed by atoms with E-state index >= 15 is 0 Å². The summed E-state index contributed by atoms with van der Waals surface area (Å²) in [5, 5.41) is 18.3. The smallest absolute Gasteiger partial charge is 0.419 e. The molecular formula is C19H27ClF3NO3. The molecule has 0 heterocycles. The molecule has 0 aromatic heterocycles. The van der Waals surface area contributed by atoms with Crippen LogP contribution in [0.2, 0.25) is 0 Å². The van der Waals surface area contributed by atoms with Gasteiger partial charge in [0, 0.05) is 6.42 Å². The molecule has 0 aliphatic rings. The van der Waals surface area contributed by atoms with E-state index in [2.05, 4.69) is 11.8 Å². The van der Waals surface area contributed by atoms with E-state index in [9.17, 15) is 13.2 Å². The van der Waals surface area contributed by atoms with Crippen molar-refractivity contribution in [2.24, 2.45) is 5.73 Å². The van der Waals surface area contributed by atoms with Gasteiger partial charge in [-0.15, -0.1) is 12.4 Å². The number of hydrogen-bond acceptors (Lipinski definition) is 4. The van der Waals surface area contributed by atoms with Crippen molar-refractivity contribution < 1.29 is 28.1 Å². The summed E-state index contributed by atoms with van der Waals surface area (Å²) in [5.41, 5.74) is 4.06. The molecule has 0 spiro atoms. The van der Waals surface area contributed by atoms with E-state index in [0.29, 0.717) is 12.0 Å². The zero-order valence-corrected chi connectivity index (χ0v) is 16.1. The summed E-state index contributed by atoms with van der Waals surface area (Å²) in [6.07, 6.45) is -1.57. The fourth-order valence-electron chi connectivity index (χ4n) is 2.20. The maximum absolute atomic E-state index is 13.3. The van der Waals surface area contributed by atoms with Crippen LogP contribution in [-0.4, -0.2) is 35.6 Å². The summed E-state index contributed by atoms with van der Waals surface area (Å²) < 4.78 is 45.1. The van der Waals surface area contributed by atoms with E-state index in [-0.39, 0.29) is 37.6 Å². The van der Waals surface area contributed by atoms with Crippen molar-refractivity contribution in [3.8, 4) is 17.6 Å². The van der Waals surface area contributed by atoms with Crippen molar-refractivity contribution >= 4 is 12.4 Å². The van der Waals surface area contributed by atoms with Crippen molar-refractivity contribution in [3.63, 3.8) is 0 Å². The molecule has 0 saturated heterocycles. The molecule has 0 aliphatic heterocycles. The van der Waals surface area contributed by atoms with Gasteiger partial charge in [0.05, 0.1) is 24.3 Å². The lowest BCUT2D eigenvalue weighted by Gasteiger charge is -2.24. The highest BCUT2D eigenvalue weighted by Crippen LogP contribution is 2.37. The van der Waals surface area contributed by atoms with E-state index in [0.717, 1.165) is 18.9 Å². The van der Waals surface area contributed by atoms with Gasteiger partial charge in [-0.25, -0.2) is 0 Å². The average Bonchev–Trinajstić information content (AvgIpc) is 2.62. The Morgan fingerprint density at radius 1 is 1.15 bits per heavy atom. The minimum atomic E-state index is -4.56. The van der Waals surface area contributed by atoms with Crippen molar-refractivity contribution in [3.05, 3.63) is 29.3 Å². The summed E-state index contributed by atoms with van der Waals surface area (Å²) in [6.45, 7) is 1.03. The van der Waals surface area contributed by atoms with E-state index in [4.69, 9.17) is 20.7 Å². The van der Waals surface area contributed by atoms with Gasteiger partial charge in [-0.1, -0.05) is 31.3 Å². The zero-order valence-electron chi connectivity index (χ0n) is 15.3. The Hall–Kier alpha value is -1.46. The first-order chi connectivity index (χ1) is 12.3. The van der Waals surface area contributed by atoms with Crippen LogP contribution in [0, 0.1) is 11.8 Å². The molecular weight excluding hydrogens is 383 g/mol. The molecule has 1 aromatic rings. The Morgan fingerprint density at radius 2 is 1.81 bits per heavy atom. The first-order valence-electron chi connectivity index (χ1n) is 8.55. The number of aliphatic hydroxyl groups is 2. The zero-order chi connectivity index (χ0) is 19.6. The third kappa shape index (κ3) is 8.85. The molecule has 4 nitrogen and oxygen atoms in total. The van der Waals surface area contributed by atoms with Crippen LogP contribution in [-0.2, 0) is 12.6 Å². The Balaban J connectivity index is 0.00000676. The van der Waals surface area contributed by atoms with Gasteiger partial charge in [0.15, 0.2) is 0 Å². The molecule has 0 bridgehead atoms. The quantitative estimate of drug-likeness (QED) is 0.432. The summed E-state index contributed by atoms with van der Waals surface area (Å²) >= 11 is 0. The molecule has 0 fully saturated rings. The van der Waals surface area contributed by atoms with E-state index in [1.807, 2.05) is 6.92 Å². The number of hydrogen-bond donors (Lipinski definition) is 3. The topological polar surface area (TPSA) is 75.7 Å². The van der Waals surface area contributed by atoms with Crippen LogP contribution in [0.4, 0.5) is 13.2 Å². The normalized spacial score (nSPS) is 11.4. The molecule has 154 valence electrons. The molecule has 27 heavy (non-hydrogen) atoms. The number of nitrogens with two attached hydrogens (primary N) is 1. The monoisotopic (exact) mass is 409 g/mol. The lowest BCUT2D eigenvalue weighted by Crippen LogP contribution is -2.47. The Labute approximate surface area is 164 Å². The van der Waals surface area contributed by atoms with E-state index in [1.165, 1.54) is 12.1 Å². The summed E-state index contributed by atoms with van der Waals surface area (Å²) in [5.74, 6) is 5.30. The van der Waals surface area contributed by atoms with Gasteiger partial charge in [-0.3, -0.25) is 0 Å². The highest BCUT2D eigenvalue weighted by atomic mass is 35.5. The summed E-state index contributed by atoms with van der Waals surface area (Å²) in [4.78, 5) is 0. The molecule has 0 radical (unpaired) electrons. The number of aliphatic hydroxyl groups excluding tert-OH is 2. The molecule has 0 unspecified atom stereocenters. The van der Waals surface area contributed by atoms with E-state index in [1.54, 1.807) is 0 Å². The largest absolute Gasteiger partial charge is 0.480 e. The van der Waals surface area contributed by atoms with Gasteiger partial charge in [0.25, 0.3) is 0 Å². The lowest BCUT2D eigenvalue weighted by atomic mass is 9.93. The van der Waals surface area contributed by atoms with Crippen molar-refractivity contribution in [1.82, 2.24) is 0 Å². The number of alkyl halides is 3. The lowest BCUT2D eigenvalue weighted by molar-refractivity contribution is -0.138. The standard InChI is InChI=1S/C19H26F3NO3.ClH/c1-2-3-4-5-6-11-26-17-8-7-15(12-16(17)19(20,21)22)9-10-18(23,13-24)14-25;/h7-8,12,24-25H,2-4,9-11,13-14,23H2,1H3;1H. The molecule has 8 heteroatoms. The summed E-state index contributed by atoms with van der Waals surface area (Å²) in [7, 11) is 0. The number of benzene rings is 1. The molecule has 1 aromatic carbocycles. The molecule has 0 amide bonds. The molecule has 1 rings (SSSR count). The molecule has 0 saturated carbocycles. The van der Waals surface area contributed by atoms with Gasteiger partial charge in [-0.05, 0) is 37.0 Å². The van der Waals surface area contributed by atoms with Gasteiger partial charge in [0.2, 0.25) is 0 Å². The van der Waals surface area contributed by atoms with Crippen LogP contribution in [0.25, 0.3) is 0 Å². The van der Waals surface area contributed by atoms with Crippen LogP contribution >= 0.6 is 12.4 Å². The Kier molecular flexibility index (Phi) is 11.4. The van der Waals surface area contributed by atoms with Crippen molar-refractivity contribution in [1.29, 1.82) is 0 Å². The Bertz CT molecular complexity index is 623. The number of rotatable bonds is 9. The van der Waals surface area contributed by atoms with Gasteiger partial charge >= 0.3 is 6.18 Å². The predicted octanol–water partition coefficient (Wildman–Crippen LogP) is 3.31. The molecule has 4 N–H and O–H groups in total. The first kappa shape index (κ1) is 25.5. The second-order valence-electron chi connectivity index (χ2n) is 6.25. The Morgan fingerprint density at radius 3 is 2.37 bits per heavy atom. The van der Waals surface area contributed by atoms with Crippen LogP contribution in [0.3, 0.4) is 0 Å². The highest BCUT2D eigenvalue weighted by Gasteiger charge is 2.35. The SMILES string of the molecule is CCCCC#CCOc1ccc(CCC(N)(CO)CO)cc1C(F)(F)F.Cl. The third-order valence-electron chi connectivity index (χ3n) is 3.97. The minimum Gasteiger partial charge on any atom is -0.480 e. The number of unbranched alkanes of at least 4 members (excludes halogenated alkanes) is 2. The highest BCUT2D eigenvalue weighted by molar-refractivity contribution is 5.85. The van der Waals surface area contributed by atoms with Crippen molar-refractivity contribution in [2.45, 2.75) is 50.7 Å². The fourth-order valence-corrected chi connectivity index (χ4v) is 2.20.